The molecule has 2 unspecified atom stereocenters. The number of amides is 1. The fourth-order valence-electron chi connectivity index (χ4n) is 3.25. The third-order valence-electron chi connectivity index (χ3n) is 4.27. The average Bonchev–Trinajstić information content (AvgIpc) is 2.80. The number of rotatable bonds is 1. The highest BCUT2D eigenvalue weighted by atomic mass is 35.5. The molecule has 1 fully saturated rings. The van der Waals surface area contributed by atoms with Crippen molar-refractivity contribution in [3.8, 4) is 0 Å². The predicted molar refractivity (Wildman–Crippen MR) is 79.6 cm³/mol. The minimum absolute atomic E-state index is 0. The average molecular weight is 299 g/mol. The molecule has 5 heteroatoms. The normalized spacial score (nSPS) is 25.0. The molecular formula is C15H20ClFN2O. The summed E-state index contributed by atoms with van der Waals surface area (Å²) < 4.78 is 13.3. The molecule has 1 aliphatic heterocycles. The van der Waals surface area contributed by atoms with E-state index in [4.69, 9.17) is 5.73 Å². The van der Waals surface area contributed by atoms with Gasteiger partial charge in [-0.05, 0) is 43.4 Å². The maximum absolute atomic E-state index is 13.3. The second-order valence-electron chi connectivity index (χ2n) is 5.64. The van der Waals surface area contributed by atoms with Crippen LogP contribution >= 0.6 is 12.4 Å². The first-order valence-corrected chi connectivity index (χ1v) is 7.00. The molecule has 0 aromatic heterocycles. The third-order valence-corrected chi connectivity index (χ3v) is 4.27. The van der Waals surface area contributed by atoms with Gasteiger partial charge in [-0.15, -0.1) is 12.4 Å². The summed E-state index contributed by atoms with van der Waals surface area (Å²) in [7, 11) is 0. The summed E-state index contributed by atoms with van der Waals surface area (Å²) in [6.07, 6.45) is 4.52. The first-order valence-electron chi connectivity index (χ1n) is 7.00. The van der Waals surface area contributed by atoms with Gasteiger partial charge in [-0.2, -0.15) is 0 Å². The van der Waals surface area contributed by atoms with E-state index in [-0.39, 0.29) is 36.1 Å². The van der Waals surface area contributed by atoms with Crippen LogP contribution < -0.4 is 10.6 Å². The molecule has 1 aromatic carbocycles. The molecule has 1 aliphatic carbocycles. The van der Waals surface area contributed by atoms with Crippen LogP contribution in [0.5, 0.6) is 0 Å². The zero-order valence-corrected chi connectivity index (χ0v) is 12.2. The van der Waals surface area contributed by atoms with Gasteiger partial charge >= 0.3 is 0 Å². The summed E-state index contributed by atoms with van der Waals surface area (Å²) in [6.45, 7) is 0.670. The molecule has 1 aromatic rings. The van der Waals surface area contributed by atoms with Crippen LogP contribution in [-0.4, -0.2) is 18.5 Å². The Balaban J connectivity index is 0.00000147. The molecule has 0 bridgehead atoms. The molecule has 2 atom stereocenters. The highest BCUT2D eigenvalue weighted by Crippen LogP contribution is 2.33. The summed E-state index contributed by atoms with van der Waals surface area (Å²) in [5.41, 5.74) is 7.77. The van der Waals surface area contributed by atoms with Gasteiger partial charge in [-0.25, -0.2) is 4.39 Å². The Bertz CT molecular complexity index is 509. The molecule has 0 spiro atoms. The van der Waals surface area contributed by atoms with Gasteiger partial charge in [-0.1, -0.05) is 12.5 Å². The van der Waals surface area contributed by atoms with E-state index in [1.165, 1.54) is 12.1 Å². The standard InChI is InChI=1S/C15H19FN2O.ClH/c16-12-5-4-10-6-7-18(14(10)9-12)15(19)11-2-1-3-13(17)8-11;/h4-5,9,11,13H,1-3,6-8,17H2;1H. The van der Waals surface area contributed by atoms with E-state index in [1.807, 2.05) is 0 Å². The number of fused-ring (bicyclic) bond motifs is 1. The van der Waals surface area contributed by atoms with Gasteiger partial charge in [0.2, 0.25) is 5.91 Å². The van der Waals surface area contributed by atoms with E-state index < -0.39 is 0 Å². The molecule has 3 rings (SSSR count). The second-order valence-corrected chi connectivity index (χ2v) is 5.64. The maximum atomic E-state index is 13.3. The smallest absolute Gasteiger partial charge is 0.230 e. The zero-order valence-electron chi connectivity index (χ0n) is 11.3. The molecule has 2 aliphatic rings. The minimum atomic E-state index is -0.279. The number of carbonyl (C=O) groups excluding carboxylic acids is 1. The Labute approximate surface area is 124 Å². The van der Waals surface area contributed by atoms with Crippen molar-refractivity contribution < 1.29 is 9.18 Å². The number of halogens is 2. The van der Waals surface area contributed by atoms with Crippen LogP contribution in [0.3, 0.4) is 0 Å². The number of hydrogen-bond donors (Lipinski definition) is 1. The fourth-order valence-corrected chi connectivity index (χ4v) is 3.25. The van der Waals surface area contributed by atoms with Crippen LogP contribution in [0.4, 0.5) is 10.1 Å². The van der Waals surface area contributed by atoms with E-state index in [2.05, 4.69) is 0 Å². The van der Waals surface area contributed by atoms with Crippen LogP contribution in [-0.2, 0) is 11.2 Å². The number of benzene rings is 1. The summed E-state index contributed by atoms with van der Waals surface area (Å²) in [5.74, 6) is -0.142. The van der Waals surface area contributed by atoms with Crippen LogP contribution in [0, 0.1) is 11.7 Å². The third kappa shape index (κ3) is 2.81. The van der Waals surface area contributed by atoms with Gasteiger partial charge in [0.05, 0.1) is 0 Å². The van der Waals surface area contributed by atoms with Crippen molar-refractivity contribution in [2.75, 3.05) is 11.4 Å². The molecule has 2 N–H and O–H groups in total. The monoisotopic (exact) mass is 298 g/mol. The molecule has 110 valence electrons. The van der Waals surface area contributed by atoms with Gasteiger partial charge < -0.3 is 10.6 Å². The van der Waals surface area contributed by atoms with Crippen molar-refractivity contribution in [1.82, 2.24) is 0 Å². The van der Waals surface area contributed by atoms with E-state index in [0.29, 0.717) is 6.54 Å². The summed E-state index contributed by atoms with van der Waals surface area (Å²) in [4.78, 5) is 14.3. The number of carbonyl (C=O) groups is 1. The van der Waals surface area contributed by atoms with Crippen LogP contribution in [0.15, 0.2) is 18.2 Å². The molecule has 1 saturated carbocycles. The first-order chi connectivity index (χ1) is 9.15. The summed E-state index contributed by atoms with van der Waals surface area (Å²) in [6, 6.07) is 4.86. The number of hydrogen-bond acceptors (Lipinski definition) is 2. The molecule has 0 radical (unpaired) electrons. The number of anilines is 1. The molecule has 3 nitrogen and oxygen atoms in total. The van der Waals surface area contributed by atoms with Gasteiger partial charge in [0.1, 0.15) is 5.82 Å². The van der Waals surface area contributed by atoms with Crippen molar-refractivity contribution in [1.29, 1.82) is 0 Å². The van der Waals surface area contributed by atoms with Crippen LogP contribution in [0.2, 0.25) is 0 Å². The Kier molecular flexibility index (Phi) is 4.66. The minimum Gasteiger partial charge on any atom is -0.328 e. The largest absolute Gasteiger partial charge is 0.328 e. The number of nitrogens with two attached hydrogens (primary N) is 1. The molecule has 1 amide bonds. The fraction of sp³-hybridized carbons (Fsp3) is 0.533. The van der Waals surface area contributed by atoms with Crippen LogP contribution in [0.25, 0.3) is 0 Å². The van der Waals surface area contributed by atoms with Crippen molar-refractivity contribution in [3.05, 3.63) is 29.6 Å². The summed E-state index contributed by atoms with van der Waals surface area (Å²) >= 11 is 0. The zero-order chi connectivity index (χ0) is 13.4. The SMILES string of the molecule is Cl.NC1CCCC(C(=O)N2CCc3ccc(F)cc32)C1. The summed E-state index contributed by atoms with van der Waals surface area (Å²) in [5, 5.41) is 0. The Hall–Kier alpha value is -1.13. The highest BCUT2D eigenvalue weighted by Gasteiger charge is 2.32. The number of nitrogens with zero attached hydrogens (tertiary/aromatic N) is 1. The Morgan fingerprint density at radius 1 is 1.35 bits per heavy atom. The van der Waals surface area contributed by atoms with Gasteiger partial charge in [-0.3, -0.25) is 4.79 Å². The first kappa shape index (κ1) is 15.3. The van der Waals surface area contributed by atoms with Gasteiger partial charge in [0.25, 0.3) is 0 Å². The Morgan fingerprint density at radius 3 is 2.90 bits per heavy atom. The lowest BCUT2D eigenvalue weighted by Crippen LogP contribution is -2.40. The van der Waals surface area contributed by atoms with Crippen molar-refractivity contribution in [3.63, 3.8) is 0 Å². The lowest BCUT2D eigenvalue weighted by molar-refractivity contribution is -0.123. The topological polar surface area (TPSA) is 46.3 Å². The Morgan fingerprint density at radius 2 is 2.15 bits per heavy atom. The van der Waals surface area contributed by atoms with Crippen molar-refractivity contribution in [2.24, 2.45) is 11.7 Å². The van der Waals surface area contributed by atoms with Crippen molar-refractivity contribution in [2.45, 2.75) is 38.1 Å². The van der Waals surface area contributed by atoms with E-state index in [1.54, 1.807) is 11.0 Å². The van der Waals surface area contributed by atoms with Gasteiger partial charge in [0.15, 0.2) is 0 Å². The molecule has 1 heterocycles. The maximum Gasteiger partial charge on any atom is 0.230 e. The van der Waals surface area contributed by atoms with Crippen molar-refractivity contribution >= 4 is 24.0 Å². The second kappa shape index (κ2) is 6.10. The quantitative estimate of drug-likeness (QED) is 0.866. The van der Waals surface area contributed by atoms with E-state index >= 15 is 0 Å². The lowest BCUT2D eigenvalue weighted by Gasteiger charge is -2.29. The molecule has 20 heavy (non-hydrogen) atoms. The van der Waals surface area contributed by atoms with Gasteiger partial charge in [0, 0.05) is 24.2 Å². The molecule has 0 saturated heterocycles. The highest BCUT2D eigenvalue weighted by molar-refractivity contribution is 5.97. The molecular weight excluding hydrogens is 279 g/mol. The van der Waals surface area contributed by atoms with E-state index in [9.17, 15) is 9.18 Å². The predicted octanol–water partition coefficient (Wildman–Crippen LogP) is 2.65. The van der Waals surface area contributed by atoms with Crippen LogP contribution in [0.1, 0.15) is 31.2 Å². The lowest BCUT2D eigenvalue weighted by atomic mass is 9.85. The van der Waals surface area contributed by atoms with E-state index in [0.717, 1.165) is 43.4 Å².